The minimum absolute atomic E-state index is 0.143. The highest BCUT2D eigenvalue weighted by atomic mass is 16.6. The van der Waals surface area contributed by atoms with Crippen LogP contribution in [-0.2, 0) is 9.47 Å². The Morgan fingerprint density at radius 1 is 1.40 bits per heavy atom. The van der Waals surface area contributed by atoms with Gasteiger partial charge in [0.15, 0.2) is 0 Å². The van der Waals surface area contributed by atoms with Gasteiger partial charge in [0.1, 0.15) is 12.2 Å². The van der Waals surface area contributed by atoms with Crippen LogP contribution in [0, 0.1) is 5.92 Å². The van der Waals surface area contributed by atoms with Gasteiger partial charge in [-0.2, -0.15) is 0 Å². The van der Waals surface area contributed by atoms with Crippen LogP contribution in [0.3, 0.4) is 0 Å². The van der Waals surface area contributed by atoms with Crippen molar-refractivity contribution in [3.63, 3.8) is 0 Å². The number of nitrogens with zero attached hydrogens (tertiary/aromatic N) is 1. The van der Waals surface area contributed by atoms with Gasteiger partial charge in [0.25, 0.3) is 0 Å². The number of carbonyl (C=O) groups is 1. The largest absolute Gasteiger partial charge is 0.450 e. The summed E-state index contributed by atoms with van der Waals surface area (Å²) in [5, 5.41) is 0. The van der Waals surface area contributed by atoms with E-state index in [0.717, 1.165) is 12.8 Å². The minimum atomic E-state index is -0.143. The van der Waals surface area contributed by atoms with Crippen LogP contribution in [0.25, 0.3) is 0 Å². The number of fused-ring (bicyclic) bond motifs is 5. The molecule has 4 atom stereocenters. The van der Waals surface area contributed by atoms with Gasteiger partial charge in [-0.1, -0.05) is 6.92 Å². The second kappa shape index (κ2) is 3.11. The first-order chi connectivity index (χ1) is 7.22. The van der Waals surface area contributed by atoms with Crippen LogP contribution in [0.15, 0.2) is 0 Å². The molecule has 2 bridgehead atoms. The maximum Gasteiger partial charge on any atom is 0.410 e. The summed E-state index contributed by atoms with van der Waals surface area (Å²) in [6.45, 7) is 4.57. The van der Waals surface area contributed by atoms with E-state index in [9.17, 15) is 4.79 Å². The number of carbonyl (C=O) groups excluding carboxylic acids is 1. The minimum Gasteiger partial charge on any atom is -0.450 e. The fourth-order valence-corrected chi connectivity index (χ4v) is 3.20. The van der Waals surface area contributed by atoms with E-state index in [1.165, 1.54) is 0 Å². The standard InChI is InChI=1S/C11H17NO3/c1-3-14-11(13)12-7-4-6(2)5-8(12)10-9(7)15-10/h6-10H,3-5H2,1-2H3. The second-order valence-corrected chi connectivity index (χ2v) is 4.88. The fraction of sp³-hybridized carbons (Fsp3) is 0.909. The number of morpholine rings is 1. The fourth-order valence-electron chi connectivity index (χ4n) is 3.20. The van der Waals surface area contributed by atoms with Crippen molar-refractivity contribution in [3.05, 3.63) is 0 Å². The van der Waals surface area contributed by atoms with Crippen molar-refractivity contribution in [2.75, 3.05) is 6.61 Å². The van der Waals surface area contributed by atoms with Gasteiger partial charge in [-0.3, -0.25) is 4.90 Å². The number of amides is 1. The average Bonchev–Trinajstić information content (AvgIpc) is 2.91. The molecule has 84 valence electrons. The lowest BCUT2D eigenvalue weighted by molar-refractivity contribution is 0.0201. The molecule has 3 aliphatic rings. The summed E-state index contributed by atoms with van der Waals surface area (Å²) in [4.78, 5) is 13.7. The van der Waals surface area contributed by atoms with E-state index < -0.39 is 0 Å². The number of piperidine rings is 1. The van der Waals surface area contributed by atoms with Crippen LogP contribution < -0.4 is 0 Å². The van der Waals surface area contributed by atoms with Crippen molar-refractivity contribution in [3.8, 4) is 0 Å². The lowest BCUT2D eigenvalue weighted by atomic mass is 9.92. The molecule has 0 aromatic rings. The molecule has 3 aliphatic heterocycles. The summed E-state index contributed by atoms with van der Waals surface area (Å²) < 4.78 is 10.7. The monoisotopic (exact) mass is 211 g/mol. The molecule has 0 saturated carbocycles. The Balaban J connectivity index is 1.78. The van der Waals surface area contributed by atoms with Crippen LogP contribution in [0.1, 0.15) is 26.7 Å². The van der Waals surface area contributed by atoms with Gasteiger partial charge in [-0.25, -0.2) is 4.79 Å². The van der Waals surface area contributed by atoms with Crippen molar-refractivity contribution >= 4 is 6.09 Å². The van der Waals surface area contributed by atoms with Crippen LogP contribution in [0.2, 0.25) is 0 Å². The Kier molecular flexibility index (Phi) is 1.96. The first kappa shape index (κ1) is 9.46. The normalized spacial score (nSPS) is 46.3. The van der Waals surface area contributed by atoms with E-state index in [1.54, 1.807) is 0 Å². The lowest BCUT2D eigenvalue weighted by Gasteiger charge is -2.38. The summed E-state index contributed by atoms with van der Waals surface area (Å²) in [6.07, 6.45) is 2.61. The first-order valence-electron chi connectivity index (χ1n) is 5.83. The smallest absolute Gasteiger partial charge is 0.410 e. The Hall–Kier alpha value is -0.770. The molecule has 3 fully saturated rings. The molecular weight excluding hydrogens is 194 g/mol. The molecule has 3 saturated heterocycles. The molecule has 0 N–H and O–H groups in total. The molecule has 4 unspecified atom stereocenters. The zero-order chi connectivity index (χ0) is 10.6. The number of ether oxygens (including phenoxy) is 2. The highest BCUT2D eigenvalue weighted by molar-refractivity contribution is 5.70. The quantitative estimate of drug-likeness (QED) is 0.615. The predicted octanol–water partition coefficient (Wildman–Crippen LogP) is 1.39. The molecule has 3 heterocycles. The zero-order valence-electron chi connectivity index (χ0n) is 9.18. The van der Waals surface area contributed by atoms with Crippen molar-refractivity contribution in [2.24, 2.45) is 5.92 Å². The first-order valence-corrected chi connectivity index (χ1v) is 5.83. The highest BCUT2D eigenvalue weighted by Crippen LogP contribution is 2.49. The summed E-state index contributed by atoms with van der Waals surface area (Å²) in [6, 6.07) is 0.561. The zero-order valence-corrected chi connectivity index (χ0v) is 9.18. The molecule has 15 heavy (non-hydrogen) atoms. The summed E-state index contributed by atoms with van der Waals surface area (Å²) in [5.74, 6) is 0.710. The van der Waals surface area contributed by atoms with E-state index in [1.807, 2.05) is 11.8 Å². The molecule has 0 aromatic heterocycles. The van der Waals surface area contributed by atoms with Gasteiger partial charge in [-0.15, -0.1) is 0 Å². The third-order valence-electron chi connectivity index (χ3n) is 3.80. The number of rotatable bonds is 1. The molecular formula is C11H17NO3. The van der Waals surface area contributed by atoms with Gasteiger partial charge in [0.2, 0.25) is 0 Å². The third-order valence-corrected chi connectivity index (χ3v) is 3.80. The lowest BCUT2D eigenvalue weighted by Crippen LogP contribution is -2.50. The Morgan fingerprint density at radius 3 is 2.53 bits per heavy atom. The maximum atomic E-state index is 11.8. The molecule has 4 heteroatoms. The van der Waals surface area contributed by atoms with E-state index >= 15 is 0 Å². The molecule has 0 radical (unpaired) electrons. The summed E-state index contributed by atoms with van der Waals surface area (Å²) in [7, 11) is 0. The second-order valence-electron chi connectivity index (χ2n) is 4.88. The van der Waals surface area contributed by atoms with Crippen molar-refractivity contribution in [2.45, 2.75) is 51.0 Å². The molecule has 0 aromatic carbocycles. The maximum absolute atomic E-state index is 11.8. The van der Waals surface area contributed by atoms with E-state index in [4.69, 9.17) is 9.47 Å². The van der Waals surface area contributed by atoms with Crippen molar-refractivity contribution < 1.29 is 14.3 Å². The Labute approximate surface area is 89.5 Å². The van der Waals surface area contributed by atoms with Crippen LogP contribution in [0.5, 0.6) is 0 Å². The van der Waals surface area contributed by atoms with E-state index in [-0.39, 0.29) is 18.2 Å². The number of epoxide rings is 1. The van der Waals surface area contributed by atoms with Crippen molar-refractivity contribution in [1.82, 2.24) is 4.90 Å². The van der Waals surface area contributed by atoms with Crippen LogP contribution in [-0.4, -0.2) is 41.9 Å². The van der Waals surface area contributed by atoms with Crippen molar-refractivity contribution in [1.29, 1.82) is 0 Å². The third kappa shape index (κ3) is 1.27. The van der Waals surface area contributed by atoms with Crippen LogP contribution >= 0.6 is 0 Å². The number of hydrogen-bond donors (Lipinski definition) is 0. The highest BCUT2D eigenvalue weighted by Gasteiger charge is 2.64. The van der Waals surface area contributed by atoms with Gasteiger partial charge >= 0.3 is 6.09 Å². The topological polar surface area (TPSA) is 42.1 Å². The number of hydrogen-bond acceptors (Lipinski definition) is 3. The van der Waals surface area contributed by atoms with Gasteiger partial charge in [0, 0.05) is 0 Å². The summed E-state index contributed by atoms with van der Waals surface area (Å²) in [5.41, 5.74) is 0. The molecule has 0 aliphatic carbocycles. The molecule has 1 amide bonds. The molecule has 0 spiro atoms. The van der Waals surface area contributed by atoms with E-state index in [2.05, 4.69) is 6.92 Å². The van der Waals surface area contributed by atoms with Gasteiger partial charge in [-0.05, 0) is 25.7 Å². The molecule has 4 nitrogen and oxygen atoms in total. The average molecular weight is 211 g/mol. The van der Waals surface area contributed by atoms with Gasteiger partial charge < -0.3 is 9.47 Å². The Morgan fingerprint density at radius 2 is 2.00 bits per heavy atom. The SMILES string of the molecule is CCOC(=O)N1C2CC(C)CC1C1OC12. The molecule has 3 rings (SSSR count). The van der Waals surface area contributed by atoms with E-state index in [0.29, 0.717) is 24.7 Å². The Bertz CT molecular complexity index is 276. The summed E-state index contributed by atoms with van der Waals surface area (Å²) >= 11 is 0. The van der Waals surface area contributed by atoms with Crippen LogP contribution in [0.4, 0.5) is 4.79 Å². The predicted molar refractivity (Wildman–Crippen MR) is 53.5 cm³/mol. The van der Waals surface area contributed by atoms with Gasteiger partial charge in [0.05, 0.1) is 18.7 Å².